The van der Waals surface area contributed by atoms with E-state index < -0.39 is 0 Å². The van der Waals surface area contributed by atoms with Crippen molar-refractivity contribution in [1.29, 1.82) is 0 Å². The van der Waals surface area contributed by atoms with E-state index in [9.17, 15) is 0 Å². The van der Waals surface area contributed by atoms with Gasteiger partial charge >= 0.3 is 0 Å². The van der Waals surface area contributed by atoms with Crippen molar-refractivity contribution in [2.45, 2.75) is 18.8 Å². The number of nitrogens with two attached hydrogens (primary N) is 1. The summed E-state index contributed by atoms with van der Waals surface area (Å²) in [5.41, 5.74) is 5.54. The standard InChI is InChI=1S/C8H12N2OS/c9-7-5-12-8(10-7)6-2-1-3-11-4-6/h5-6H,1-4,9H2. The second-order valence-electron chi connectivity index (χ2n) is 3.02. The van der Waals surface area contributed by atoms with Crippen LogP contribution in [0.5, 0.6) is 0 Å². The molecule has 2 heterocycles. The van der Waals surface area contributed by atoms with Crippen molar-refractivity contribution in [3.63, 3.8) is 0 Å². The Bertz CT molecular complexity index is 255. The average molecular weight is 184 g/mol. The van der Waals surface area contributed by atoms with E-state index in [0.29, 0.717) is 11.7 Å². The molecule has 66 valence electrons. The lowest BCUT2D eigenvalue weighted by Gasteiger charge is -2.19. The second kappa shape index (κ2) is 3.41. The van der Waals surface area contributed by atoms with E-state index in [1.54, 1.807) is 11.3 Å². The summed E-state index contributed by atoms with van der Waals surface area (Å²) in [6, 6.07) is 0. The van der Waals surface area contributed by atoms with Gasteiger partial charge in [-0.2, -0.15) is 0 Å². The van der Waals surface area contributed by atoms with Crippen LogP contribution in [0.15, 0.2) is 5.38 Å². The highest BCUT2D eigenvalue weighted by atomic mass is 32.1. The number of hydrogen-bond donors (Lipinski definition) is 1. The van der Waals surface area contributed by atoms with Crippen molar-refractivity contribution in [2.24, 2.45) is 0 Å². The van der Waals surface area contributed by atoms with Crippen molar-refractivity contribution in [2.75, 3.05) is 18.9 Å². The number of nitrogens with zero attached hydrogens (tertiary/aromatic N) is 1. The zero-order valence-electron chi connectivity index (χ0n) is 6.82. The molecule has 0 spiro atoms. The largest absolute Gasteiger partial charge is 0.383 e. The first-order chi connectivity index (χ1) is 5.86. The minimum atomic E-state index is 0.487. The maximum Gasteiger partial charge on any atom is 0.134 e. The normalized spacial score (nSPS) is 24.2. The van der Waals surface area contributed by atoms with Gasteiger partial charge in [0.1, 0.15) is 10.8 Å². The lowest BCUT2D eigenvalue weighted by molar-refractivity contribution is 0.0804. The Kier molecular flexibility index (Phi) is 2.28. The minimum absolute atomic E-state index is 0.487. The average Bonchev–Trinajstić information content (AvgIpc) is 2.54. The number of aromatic nitrogens is 1. The molecule has 1 aromatic heterocycles. The van der Waals surface area contributed by atoms with Crippen LogP contribution in [0.1, 0.15) is 23.8 Å². The molecule has 2 N–H and O–H groups in total. The van der Waals surface area contributed by atoms with E-state index in [1.165, 1.54) is 6.42 Å². The molecule has 3 nitrogen and oxygen atoms in total. The van der Waals surface area contributed by atoms with Gasteiger partial charge in [0.2, 0.25) is 0 Å². The number of thiazole rings is 1. The lowest BCUT2D eigenvalue weighted by atomic mass is 10.0. The molecule has 1 fully saturated rings. The summed E-state index contributed by atoms with van der Waals surface area (Å²) in [4.78, 5) is 4.25. The highest BCUT2D eigenvalue weighted by Gasteiger charge is 2.18. The SMILES string of the molecule is Nc1csc(C2CCCOC2)n1. The van der Waals surface area contributed by atoms with E-state index in [0.717, 1.165) is 24.6 Å². The van der Waals surface area contributed by atoms with Crippen LogP contribution < -0.4 is 5.73 Å². The fraction of sp³-hybridized carbons (Fsp3) is 0.625. The third-order valence-electron chi connectivity index (χ3n) is 2.05. The van der Waals surface area contributed by atoms with Crippen molar-refractivity contribution < 1.29 is 4.74 Å². The molecule has 1 atom stereocenters. The van der Waals surface area contributed by atoms with Crippen molar-refractivity contribution in [1.82, 2.24) is 4.98 Å². The topological polar surface area (TPSA) is 48.1 Å². The molecule has 1 aromatic rings. The van der Waals surface area contributed by atoms with Gasteiger partial charge in [-0.05, 0) is 12.8 Å². The number of rotatable bonds is 1. The van der Waals surface area contributed by atoms with Gasteiger partial charge in [0.15, 0.2) is 0 Å². The monoisotopic (exact) mass is 184 g/mol. The summed E-state index contributed by atoms with van der Waals surface area (Å²) in [6.45, 7) is 1.71. The molecule has 0 aliphatic carbocycles. The van der Waals surface area contributed by atoms with E-state index in [2.05, 4.69) is 4.98 Å². The maximum absolute atomic E-state index is 5.54. The summed E-state index contributed by atoms with van der Waals surface area (Å²) in [5.74, 6) is 1.13. The first-order valence-corrected chi connectivity index (χ1v) is 5.03. The summed E-state index contributed by atoms with van der Waals surface area (Å²) >= 11 is 1.64. The van der Waals surface area contributed by atoms with E-state index >= 15 is 0 Å². The predicted molar refractivity (Wildman–Crippen MR) is 49.3 cm³/mol. The summed E-state index contributed by atoms with van der Waals surface area (Å²) in [6.07, 6.45) is 2.33. The molecule has 1 aliphatic heterocycles. The number of hydrogen-bond acceptors (Lipinski definition) is 4. The Morgan fingerprint density at radius 3 is 3.17 bits per heavy atom. The van der Waals surface area contributed by atoms with E-state index in [1.807, 2.05) is 5.38 Å². The number of ether oxygens (including phenoxy) is 1. The molecule has 0 amide bonds. The van der Waals surface area contributed by atoms with E-state index in [-0.39, 0.29) is 0 Å². The van der Waals surface area contributed by atoms with Gasteiger partial charge in [-0.1, -0.05) is 0 Å². The molecule has 2 rings (SSSR count). The minimum Gasteiger partial charge on any atom is -0.383 e. The van der Waals surface area contributed by atoms with Crippen molar-refractivity contribution in [3.8, 4) is 0 Å². The molecule has 1 saturated heterocycles. The van der Waals surface area contributed by atoms with Gasteiger partial charge in [-0.15, -0.1) is 11.3 Å². The molecular formula is C8H12N2OS. The molecule has 4 heteroatoms. The third kappa shape index (κ3) is 1.59. The number of anilines is 1. The van der Waals surface area contributed by atoms with Gasteiger partial charge in [0, 0.05) is 17.9 Å². The van der Waals surface area contributed by atoms with Crippen molar-refractivity contribution >= 4 is 17.2 Å². The van der Waals surface area contributed by atoms with Crippen LogP contribution in [-0.4, -0.2) is 18.2 Å². The molecule has 12 heavy (non-hydrogen) atoms. The van der Waals surface area contributed by atoms with Crippen LogP contribution in [0.3, 0.4) is 0 Å². The van der Waals surface area contributed by atoms with Gasteiger partial charge in [-0.3, -0.25) is 0 Å². The predicted octanol–water partition coefficient (Wildman–Crippen LogP) is 1.62. The fourth-order valence-electron chi connectivity index (χ4n) is 1.42. The van der Waals surface area contributed by atoms with Gasteiger partial charge < -0.3 is 10.5 Å². The zero-order valence-corrected chi connectivity index (χ0v) is 7.64. The molecule has 0 aromatic carbocycles. The molecule has 0 saturated carbocycles. The second-order valence-corrected chi connectivity index (χ2v) is 3.91. The van der Waals surface area contributed by atoms with Crippen LogP contribution in [0.4, 0.5) is 5.82 Å². The molecule has 0 radical (unpaired) electrons. The lowest BCUT2D eigenvalue weighted by Crippen LogP contribution is -2.15. The Morgan fingerprint density at radius 2 is 2.58 bits per heavy atom. The smallest absolute Gasteiger partial charge is 0.134 e. The van der Waals surface area contributed by atoms with E-state index in [4.69, 9.17) is 10.5 Å². The Balaban J connectivity index is 2.08. The first kappa shape index (κ1) is 8.01. The van der Waals surface area contributed by atoms with Gasteiger partial charge in [0.25, 0.3) is 0 Å². The first-order valence-electron chi connectivity index (χ1n) is 4.15. The summed E-state index contributed by atoms with van der Waals surface area (Å²) in [5, 5.41) is 3.02. The highest BCUT2D eigenvalue weighted by molar-refractivity contribution is 7.10. The van der Waals surface area contributed by atoms with Crippen molar-refractivity contribution in [3.05, 3.63) is 10.4 Å². The molecule has 1 aliphatic rings. The molecule has 1 unspecified atom stereocenters. The van der Waals surface area contributed by atoms with Crippen LogP contribution in [-0.2, 0) is 4.74 Å². The van der Waals surface area contributed by atoms with Crippen LogP contribution in [0, 0.1) is 0 Å². The molecule has 0 bridgehead atoms. The molecular weight excluding hydrogens is 172 g/mol. The highest BCUT2D eigenvalue weighted by Crippen LogP contribution is 2.28. The summed E-state index contributed by atoms with van der Waals surface area (Å²) < 4.78 is 5.37. The Labute approximate surface area is 75.6 Å². The third-order valence-corrected chi connectivity index (χ3v) is 3.07. The Hall–Kier alpha value is -0.610. The van der Waals surface area contributed by atoms with Gasteiger partial charge in [-0.25, -0.2) is 4.98 Å². The quantitative estimate of drug-likeness (QED) is 0.721. The van der Waals surface area contributed by atoms with Crippen LogP contribution in [0.25, 0.3) is 0 Å². The summed E-state index contributed by atoms with van der Waals surface area (Å²) in [7, 11) is 0. The maximum atomic E-state index is 5.54. The van der Waals surface area contributed by atoms with Gasteiger partial charge in [0.05, 0.1) is 6.61 Å². The zero-order chi connectivity index (χ0) is 8.39. The number of nitrogen functional groups attached to an aromatic ring is 1. The van der Waals surface area contributed by atoms with Crippen LogP contribution in [0.2, 0.25) is 0 Å². The fourth-order valence-corrected chi connectivity index (χ4v) is 2.25. The Morgan fingerprint density at radius 1 is 1.67 bits per heavy atom. The van der Waals surface area contributed by atoms with Crippen LogP contribution >= 0.6 is 11.3 Å².